The van der Waals surface area contributed by atoms with Crippen molar-refractivity contribution in [2.24, 2.45) is 5.92 Å². The molecule has 1 atom stereocenters. The van der Waals surface area contributed by atoms with Crippen LogP contribution in [-0.2, 0) is 9.59 Å². The molecule has 0 aliphatic rings. The summed E-state index contributed by atoms with van der Waals surface area (Å²) in [4.78, 5) is 26.6. The first-order valence-corrected chi connectivity index (χ1v) is 6.55. The van der Waals surface area contributed by atoms with Crippen LogP contribution in [0.3, 0.4) is 0 Å². The predicted molar refractivity (Wildman–Crippen MR) is 76.0 cm³/mol. The van der Waals surface area contributed by atoms with Gasteiger partial charge in [-0.15, -0.1) is 0 Å². The number of nitrogens with zero attached hydrogens (tertiary/aromatic N) is 2. The van der Waals surface area contributed by atoms with Crippen molar-refractivity contribution in [1.82, 2.24) is 9.80 Å². The molecule has 1 unspecified atom stereocenters. The number of hydrogen-bond donors (Lipinski definition) is 1. The van der Waals surface area contributed by atoms with Crippen molar-refractivity contribution in [3.63, 3.8) is 0 Å². The van der Waals surface area contributed by atoms with Crippen LogP contribution in [0.1, 0.15) is 27.2 Å². The van der Waals surface area contributed by atoms with E-state index in [1.54, 1.807) is 17.9 Å². The smallest absolute Gasteiger partial charge is 0.308 e. The number of carbonyl (C=O) groups excluding carboxylic acids is 1. The van der Waals surface area contributed by atoms with E-state index in [9.17, 15) is 9.59 Å². The number of rotatable bonds is 8. The lowest BCUT2D eigenvalue weighted by atomic mass is 10.1. The van der Waals surface area contributed by atoms with E-state index in [1.807, 2.05) is 32.8 Å². The number of carboxylic acid groups (broad SMARTS) is 1. The zero-order valence-electron chi connectivity index (χ0n) is 12.6. The molecule has 0 fully saturated rings. The Balaban J connectivity index is 4.59. The van der Waals surface area contributed by atoms with Crippen molar-refractivity contribution in [2.45, 2.75) is 27.2 Å². The molecule has 0 heterocycles. The fourth-order valence-corrected chi connectivity index (χ4v) is 1.62. The molecule has 5 nitrogen and oxygen atoms in total. The topological polar surface area (TPSA) is 60.9 Å². The summed E-state index contributed by atoms with van der Waals surface area (Å²) in [5, 5.41) is 8.95. The van der Waals surface area contributed by atoms with Crippen molar-refractivity contribution in [2.75, 3.05) is 33.7 Å². The maximum absolute atomic E-state index is 12.0. The molecule has 0 saturated heterocycles. The molecule has 0 aromatic heterocycles. The summed E-state index contributed by atoms with van der Waals surface area (Å²) in [6, 6.07) is 0. The van der Waals surface area contributed by atoms with Gasteiger partial charge in [0.1, 0.15) is 0 Å². The highest BCUT2D eigenvalue weighted by Crippen LogP contribution is 2.05. The molecule has 0 spiro atoms. The third kappa shape index (κ3) is 8.37. The number of carboxylic acids is 1. The van der Waals surface area contributed by atoms with Gasteiger partial charge in [-0.3, -0.25) is 9.59 Å². The Kier molecular flexibility index (Phi) is 8.07. The maximum atomic E-state index is 12.0. The van der Waals surface area contributed by atoms with Gasteiger partial charge in [0.2, 0.25) is 5.91 Å². The second-order valence-corrected chi connectivity index (χ2v) is 5.40. The minimum absolute atomic E-state index is 0.105. The van der Waals surface area contributed by atoms with E-state index in [1.165, 1.54) is 0 Å². The third-order valence-corrected chi connectivity index (χ3v) is 2.67. The van der Waals surface area contributed by atoms with E-state index < -0.39 is 11.9 Å². The van der Waals surface area contributed by atoms with Gasteiger partial charge in [-0.2, -0.15) is 0 Å². The van der Waals surface area contributed by atoms with Gasteiger partial charge < -0.3 is 14.9 Å². The van der Waals surface area contributed by atoms with Crippen LogP contribution in [0, 0.1) is 5.92 Å². The van der Waals surface area contributed by atoms with Crippen LogP contribution in [0.25, 0.3) is 0 Å². The zero-order chi connectivity index (χ0) is 15.0. The second kappa shape index (κ2) is 8.69. The van der Waals surface area contributed by atoms with Gasteiger partial charge in [0.25, 0.3) is 0 Å². The average Bonchev–Trinajstić information content (AvgIpc) is 2.25. The standard InChI is InChI=1S/C14H26N2O3/c1-11(2)9-13(17)16(8-6-7-15(4)5)10-12(3)14(18)19/h9,12H,6-8,10H2,1-5H3,(H,18,19). The minimum atomic E-state index is -0.873. The first-order valence-electron chi connectivity index (χ1n) is 6.55. The molecule has 5 heteroatoms. The molecule has 0 bridgehead atoms. The van der Waals surface area contributed by atoms with E-state index in [0.717, 1.165) is 18.5 Å². The normalized spacial score (nSPS) is 12.1. The molecular weight excluding hydrogens is 244 g/mol. The average molecular weight is 270 g/mol. The summed E-state index contributed by atoms with van der Waals surface area (Å²) >= 11 is 0. The highest BCUT2D eigenvalue weighted by molar-refractivity contribution is 5.88. The molecular formula is C14H26N2O3. The molecule has 0 aliphatic heterocycles. The molecule has 1 N–H and O–H groups in total. The molecule has 0 rings (SSSR count). The molecule has 0 aliphatic carbocycles. The highest BCUT2D eigenvalue weighted by Gasteiger charge is 2.19. The van der Waals surface area contributed by atoms with Crippen LogP contribution in [0.5, 0.6) is 0 Å². The quantitative estimate of drug-likeness (QED) is 0.678. The monoisotopic (exact) mass is 270 g/mol. The lowest BCUT2D eigenvalue weighted by molar-refractivity contribution is -0.142. The maximum Gasteiger partial charge on any atom is 0.308 e. The van der Waals surface area contributed by atoms with Gasteiger partial charge >= 0.3 is 5.97 Å². The van der Waals surface area contributed by atoms with Crippen LogP contribution in [0.2, 0.25) is 0 Å². The van der Waals surface area contributed by atoms with E-state index in [0.29, 0.717) is 6.54 Å². The van der Waals surface area contributed by atoms with Crippen LogP contribution >= 0.6 is 0 Å². The Hall–Kier alpha value is -1.36. The summed E-state index contributed by atoms with van der Waals surface area (Å²) in [6.45, 7) is 7.05. The fraction of sp³-hybridized carbons (Fsp3) is 0.714. The summed E-state index contributed by atoms with van der Waals surface area (Å²) in [6.07, 6.45) is 2.39. The van der Waals surface area contributed by atoms with Gasteiger partial charge in [0, 0.05) is 19.2 Å². The van der Waals surface area contributed by atoms with E-state index in [-0.39, 0.29) is 12.5 Å². The fourth-order valence-electron chi connectivity index (χ4n) is 1.62. The van der Waals surface area contributed by atoms with Crippen molar-refractivity contribution in [1.29, 1.82) is 0 Å². The summed E-state index contributed by atoms with van der Waals surface area (Å²) < 4.78 is 0. The first-order chi connectivity index (χ1) is 8.73. The van der Waals surface area contributed by atoms with Crippen molar-refractivity contribution < 1.29 is 14.7 Å². The molecule has 110 valence electrons. The highest BCUT2D eigenvalue weighted by atomic mass is 16.4. The molecule has 0 saturated carbocycles. The second-order valence-electron chi connectivity index (χ2n) is 5.40. The predicted octanol–water partition coefficient (Wildman–Crippen LogP) is 1.45. The van der Waals surface area contributed by atoms with E-state index >= 15 is 0 Å². The summed E-state index contributed by atoms with van der Waals surface area (Å²) in [5.74, 6) is -1.52. The summed E-state index contributed by atoms with van der Waals surface area (Å²) in [7, 11) is 3.95. The molecule has 0 aromatic rings. The van der Waals surface area contributed by atoms with Crippen molar-refractivity contribution >= 4 is 11.9 Å². The SMILES string of the molecule is CC(C)=CC(=O)N(CCCN(C)C)CC(C)C(=O)O. The minimum Gasteiger partial charge on any atom is -0.481 e. The van der Waals surface area contributed by atoms with Gasteiger partial charge in [0.15, 0.2) is 0 Å². The van der Waals surface area contributed by atoms with Gasteiger partial charge in [0.05, 0.1) is 5.92 Å². The summed E-state index contributed by atoms with van der Waals surface area (Å²) in [5.41, 5.74) is 0.922. The number of aliphatic carboxylic acids is 1. The number of hydrogen-bond acceptors (Lipinski definition) is 3. The molecule has 19 heavy (non-hydrogen) atoms. The van der Waals surface area contributed by atoms with E-state index in [4.69, 9.17) is 5.11 Å². The Morgan fingerprint density at radius 1 is 1.21 bits per heavy atom. The van der Waals surface area contributed by atoms with Gasteiger partial charge in [-0.05, 0) is 40.9 Å². The Labute approximate surface area is 115 Å². The van der Waals surface area contributed by atoms with Crippen LogP contribution in [0.15, 0.2) is 11.6 Å². The Morgan fingerprint density at radius 2 is 1.79 bits per heavy atom. The number of carbonyl (C=O) groups is 2. The van der Waals surface area contributed by atoms with Gasteiger partial charge in [-0.25, -0.2) is 0 Å². The molecule has 0 radical (unpaired) electrons. The third-order valence-electron chi connectivity index (χ3n) is 2.67. The Bertz CT molecular complexity index is 334. The first kappa shape index (κ1) is 17.6. The van der Waals surface area contributed by atoms with Crippen LogP contribution in [0.4, 0.5) is 0 Å². The van der Waals surface area contributed by atoms with Gasteiger partial charge in [-0.1, -0.05) is 12.5 Å². The van der Waals surface area contributed by atoms with E-state index in [2.05, 4.69) is 0 Å². The number of amides is 1. The number of allylic oxidation sites excluding steroid dienone is 1. The van der Waals surface area contributed by atoms with Crippen molar-refractivity contribution in [3.05, 3.63) is 11.6 Å². The molecule has 0 aromatic carbocycles. The van der Waals surface area contributed by atoms with Crippen molar-refractivity contribution in [3.8, 4) is 0 Å². The van der Waals surface area contributed by atoms with Crippen LogP contribution < -0.4 is 0 Å². The largest absolute Gasteiger partial charge is 0.481 e. The Morgan fingerprint density at radius 3 is 2.21 bits per heavy atom. The van der Waals surface area contributed by atoms with Crippen LogP contribution in [-0.4, -0.2) is 60.5 Å². The lowest BCUT2D eigenvalue weighted by Crippen LogP contribution is -2.37. The lowest BCUT2D eigenvalue weighted by Gasteiger charge is -2.24. The zero-order valence-corrected chi connectivity index (χ0v) is 12.6. The molecule has 1 amide bonds.